The zero-order chi connectivity index (χ0) is 13.0. The lowest BCUT2D eigenvalue weighted by atomic mass is 10.0. The minimum absolute atomic E-state index is 0.0695. The average Bonchev–Trinajstić information content (AvgIpc) is 2.24. The SMILES string of the molecule is CC(C)C(CO)Nc1ccc(C(=O)O)c(F)c1. The van der Waals surface area contributed by atoms with Gasteiger partial charge in [-0.05, 0) is 24.1 Å². The zero-order valence-electron chi connectivity index (χ0n) is 9.77. The van der Waals surface area contributed by atoms with Crippen molar-refractivity contribution >= 4 is 11.7 Å². The number of carboxylic acid groups (broad SMARTS) is 1. The minimum Gasteiger partial charge on any atom is -0.478 e. The lowest BCUT2D eigenvalue weighted by Crippen LogP contribution is -2.29. The summed E-state index contributed by atoms with van der Waals surface area (Å²) in [4.78, 5) is 10.6. The lowest BCUT2D eigenvalue weighted by Gasteiger charge is -2.21. The van der Waals surface area contributed by atoms with Gasteiger partial charge in [-0.25, -0.2) is 9.18 Å². The number of aliphatic hydroxyl groups is 1. The molecule has 0 amide bonds. The van der Waals surface area contributed by atoms with E-state index < -0.39 is 11.8 Å². The molecule has 0 fully saturated rings. The summed E-state index contributed by atoms with van der Waals surface area (Å²) in [7, 11) is 0. The van der Waals surface area contributed by atoms with Gasteiger partial charge >= 0.3 is 5.97 Å². The lowest BCUT2D eigenvalue weighted by molar-refractivity contribution is 0.0692. The van der Waals surface area contributed by atoms with Crippen LogP contribution < -0.4 is 5.32 Å². The Morgan fingerprint density at radius 3 is 2.53 bits per heavy atom. The molecule has 0 aliphatic heterocycles. The topological polar surface area (TPSA) is 69.6 Å². The third-order valence-electron chi connectivity index (χ3n) is 2.55. The van der Waals surface area contributed by atoms with Gasteiger partial charge in [-0.2, -0.15) is 0 Å². The predicted molar refractivity (Wildman–Crippen MR) is 62.7 cm³/mol. The van der Waals surface area contributed by atoms with Crippen molar-refractivity contribution < 1.29 is 19.4 Å². The summed E-state index contributed by atoms with van der Waals surface area (Å²) in [6, 6.07) is 3.62. The number of anilines is 1. The van der Waals surface area contributed by atoms with Gasteiger partial charge in [-0.1, -0.05) is 13.8 Å². The molecule has 0 aromatic heterocycles. The van der Waals surface area contributed by atoms with Gasteiger partial charge in [0.15, 0.2) is 0 Å². The molecule has 0 aliphatic rings. The first-order valence-corrected chi connectivity index (χ1v) is 5.36. The van der Waals surface area contributed by atoms with Gasteiger partial charge < -0.3 is 15.5 Å². The fourth-order valence-electron chi connectivity index (χ4n) is 1.42. The second-order valence-corrected chi connectivity index (χ2v) is 4.18. The number of carbonyl (C=O) groups is 1. The molecule has 0 spiro atoms. The standard InChI is InChI=1S/C12H16FNO3/c1-7(2)11(6-15)14-8-3-4-9(12(16)17)10(13)5-8/h3-5,7,11,14-15H,6H2,1-2H3,(H,16,17). The highest BCUT2D eigenvalue weighted by Gasteiger charge is 2.14. The number of benzene rings is 1. The van der Waals surface area contributed by atoms with Gasteiger partial charge in [0.2, 0.25) is 0 Å². The van der Waals surface area contributed by atoms with Crippen molar-refractivity contribution in [3.63, 3.8) is 0 Å². The molecule has 17 heavy (non-hydrogen) atoms. The Morgan fingerprint density at radius 1 is 1.47 bits per heavy atom. The van der Waals surface area contributed by atoms with E-state index >= 15 is 0 Å². The Labute approximate surface area is 99.1 Å². The smallest absolute Gasteiger partial charge is 0.338 e. The molecule has 0 aliphatic carbocycles. The molecule has 1 aromatic carbocycles. The van der Waals surface area contributed by atoms with Crippen LogP contribution in [-0.2, 0) is 0 Å². The number of aromatic carboxylic acids is 1. The normalized spacial score (nSPS) is 12.5. The number of hydrogen-bond acceptors (Lipinski definition) is 3. The van der Waals surface area contributed by atoms with Crippen LogP contribution >= 0.6 is 0 Å². The van der Waals surface area contributed by atoms with Crippen molar-refractivity contribution in [3.8, 4) is 0 Å². The summed E-state index contributed by atoms with van der Waals surface area (Å²) in [6.45, 7) is 3.78. The van der Waals surface area contributed by atoms with Crippen LogP contribution in [0.1, 0.15) is 24.2 Å². The molecule has 1 atom stereocenters. The van der Waals surface area contributed by atoms with Gasteiger partial charge in [0.05, 0.1) is 18.2 Å². The molecular weight excluding hydrogens is 225 g/mol. The highest BCUT2D eigenvalue weighted by Crippen LogP contribution is 2.17. The molecule has 94 valence electrons. The van der Waals surface area contributed by atoms with Crippen LogP contribution in [0.5, 0.6) is 0 Å². The van der Waals surface area contributed by atoms with E-state index in [1.54, 1.807) is 0 Å². The van der Waals surface area contributed by atoms with Crippen molar-refractivity contribution in [2.75, 3.05) is 11.9 Å². The summed E-state index contributed by atoms with van der Waals surface area (Å²) < 4.78 is 13.4. The minimum atomic E-state index is -1.29. The Morgan fingerprint density at radius 2 is 2.12 bits per heavy atom. The molecule has 1 rings (SSSR count). The Bertz CT molecular complexity index is 407. The predicted octanol–water partition coefficient (Wildman–Crippen LogP) is 1.95. The second kappa shape index (κ2) is 5.63. The molecule has 0 saturated carbocycles. The number of halogens is 1. The van der Waals surface area contributed by atoms with Crippen LogP contribution in [0.15, 0.2) is 18.2 Å². The van der Waals surface area contributed by atoms with Crippen LogP contribution in [-0.4, -0.2) is 28.8 Å². The number of nitrogens with one attached hydrogen (secondary N) is 1. The number of carboxylic acids is 1. The summed E-state index contributed by atoms with van der Waals surface area (Å²) in [6.07, 6.45) is 0. The second-order valence-electron chi connectivity index (χ2n) is 4.18. The molecular formula is C12H16FNO3. The molecule has 0 saturated heterocycles. The van der Waals surface area contributed by atoms with Crippen LogP contribution in [0.3, 0.4) is 0 Å². The van der Waals surface area contributed by atoms with Crippen molar-refractivity contribution in [2.45, 2.75) is 19.9 Å². The third-order valence-corrected chi connectivity index (χ3v) is 2.55. The maximum Gasteiger partial charge on any atom is 0.338 e. The first-order valence-electron chi connectivity index (χ1n) is 5.36. The molecule has 0 bridgehead atoms. The molecule has 1 unspecified atom stereocenters. The molecule has 0 radical (unpaired) electrons. The van der Waals surface area contributed by atoms with Crippen molar-refractivity contribution in [1.82, 2.24) is 0 Å². The Kier molecular flexibility index (Phi) is 4.45. The van der Waals surface area contributed by atoms with Crippen molar-refractivity contribution in [1.29, 1.82) is 0 Å². The third kappa shape index (κ3) is 3.42. The van der Waals surface area contributed by atoms with Gasteiger partial charge in [-0.15, -0.1) is 0 Å². The number of hydrogen-bond donors (Lipinski definition) is 3. The molecule has 0 heterocycles. The number of rotatable bonds is 5. The van der Waals surface area contributed by atoms with Crippen LogP contribution in [0.25, 0.3) is 0 Å². The first-order chi connectivity index (χ1) is 7.95. The highest BCUT2D eigenvalue weighted by atomic mass is 19.1. The Hall–Kier alpha value is -1.62. The molecule has 5 heteroatoms. The van der Waals surface area contributed by atoms with Gasteiger partial charge in [-0.3, -0.25) is 0 Å². The highest BCUT2D eigenvalue weighted by molar-refractivity contribution is 5.88. The zero-order valence-corrected chi connectivity index (χ0v) is 9.77. The summed E-state index contributed by atoms with van der Waals surface area (Å²) in [5, 5.41) is 20.7. The summed E-state index contributed by atoms with van der Waals surface area (Å²) >= 11 is 0. The fraction of sp³-hybridized carbons (Fsp3) is 0.417. The van der Waals surface area contributed by atoms with Crippen LogP contribution in [0.4, 0.5) is 10.1 Å². The largest absolute Gasteiger partial charge is 0.478 e. The molecule has 1 aromatic rings. The monoisotopic (exact) mass is 241 g/mol. The fourth-order valence-corrected chi connectivity index (χ4v) is 1.42. The van der Waals surface area contributed by atoms with Crippen LogP contribution in [0.2, 0.25) is 0 Å². The summed E-state index contributed by atoms with van der Waals surface area (Å²) in [5.41, 5.74) is 0.0981. The van der Waals surface area contributed by atoms with E-state index in [1.165, 1.54) is 12.1 Å². The Balaban J connectivity index is 2.87. The number of aliphatic hydroxyl groups excluding tert-OH is 1. The van der Waals surface area contributed by atoms with E-state index in [0.717, 1.165) is 6.07 Å². The van der Waals surface area contributed by atoms with Gasteiger partial charge in [0, 0.05) is 5.69 Å². The first kappa shape index (κ1) is 13.4. The van der Waals surface area contributed by atoms with E-state index in [0.29, 0.717) is 5.69 Å². The quantitative estimate of drug-likeness (QED) is 0.737. The average molecular weight is 241 g/mol. The van der Waals surface area contributed by atoms with E-state index in [9.17, 15) is 9.18 Å². The van der Waals surface area contributed by atoms with E-state index in [1.807, 2.05) is 13.8 Å². The maximum atomic E-state index is 13.4. The van der Waals surface area contributed by atoms with E-state index in [4.69, 9.17) is 10.2 Å². The van der Waals surface area contributed by atoms with E-state index in [2.05, 4.69) is 5.32 Å². The summed E-state index contributed by atoms with van der Waals surface area (Å²) in [5.74, 6) is -1.90. The van der Waals surface area contributed by atoms with Crippen molar-refractivity contribution in [2.24, 2.45) is 5.92 Å². The van der Waals surface area contributed by atoms with E-state index in [-0.39, 0.29) is 24.1 Å². The van der Waals surface area contributed by atoms with Gasteiger partial charge in [0.25, 0.3) is 0 Å². The maximum absolute atomic E-state index is 13.4. The van der Waals surface area contributed by atoms with Crippen molar-refractivity contribution in [3.05, 3.63) is 29.6 Å². The van der Waals surface area contributed by atoms with Crippen LogP contribution in [0, 0.1) is 11.7 Å². The van der Waals surface area contributed by atoms with Gasteiger partial charge in [0.1, 0.15) is 5.82 Å². The molecule has 4 nitrogen and oxygen atoms in total. The molecule has 3 N–H and O–H groups in total.